The van der Waals surface area contributed by atoms with Crippen molar-refractivity contribution in [3.63, 3.8) is 0 Å². The van der Waals surface area contributed by atoms with Crippen molar-refractivity contribution in [1.29, 1.82) is 5.26 Å². The second-order valence-corrected chi connectivity index (χ2v) is 9.59. The molecule has 2 aliphatic heterocycles. The summed E-state index contributed by atoms with van der Waals surface area (Å²) < 4.78 is 26.6. The molecule has 0 aliphatic carbocycles. The van der Waals surface area contributed by atoms with Crippen LogP contribution in [0.2, 0.25) is 5.02 Å². The van der Waals surface area contributed by atoms with Crippen molar-refractivity contribution in [3.05, 3.63) is 52.9 Å². The number of benzene rings is 2. The van der Waals surface area contributed by atoms with E-state index in [1.165, 1.54) is 12.3 Å². The number of aromatic nitrogens is 1. The summed E-state index contributed by atoms with van der Waals surface area (Å²) in [5.74, 6) is 0.379. The third-order valence-corrected chi connectivity index (χ3v) is 7.16. The van der Waals surface area contributed by atoms with Gasteiger partial charge in [-0.25, -0.2) is 9.18 Å². The van der Waals surface area contributed by atoms with Crippen molar-refractivity contribution in [2.45, 2.75) is 31.8 Å². The molecule has 0 unspecified atom stereocenters. The van der Waals surface area contributed by atoms with E-state index in [0.717, 1.165) is 25.9 Å². The monoisotopic (exact) mass is 523 g/mol. The van der Waals surface area contributed by atoms with E-state index < -0.39 is 5.82 Å². The van der Waals surface area contributed by atoms with Crippen molar-refractivity contribution < 1.29 is 18.7 Å². The Morgan fingerprint density at radius 1 is 1.16 bits per heavy atom. The molecular weight excluding hydrogens is 497 g/mol. The highest BCUT2D eigenvalue weighted by atomic mass is 35.5. The lowest BCUT2D eigenvalue weighted by Crippen LogP contribution is -2.47. The number of hydrogen-bond donors (Lipinski definition) is 1. The summed E-state index contributed by atoms with van der Waals surface area (Å²) in [4.78, 5) is 20.9. The summed E-state index contributed by atoms with van der Waals surface area (Å²) in [5, 5.41) is 13.3. The molecule has 0 saturated carbocycles. The number of anilines is 2. The van der Waals surface area contributed by atoms with Gasteiger partial charge in [-0.15, -0.1) is 0 Å². The van der Waals surface area contributed by atoms with Crippen LogP contribution in [0.25, 0.3) is 10.9 Å². The molecule has 0 bridgehead atoms. The second-order valence-electron chi connectivity index (χ2n) is 9.19. The Bertz CT molecular complexity index is 1360. The molecular formula is C27H27ClFN5O3. The van der Waals surface area contributed by atoms with Gasteiger partial charge in [-0.2, -0.15) is 5.26 Å². The maximum atomic E-state index is 14.6. The third-order valence-electron chi connectivity index (χ3n) is 6.87. The lowest BCUT2D eigenvalue weighted by molar-refractivity contribution is 0.0963. The Hall–Kier alpha value is -3.77. The van der Waals surface area contributed by atoms with E-state index in [1.807, 2.05) is 9.80 Å². The molecule has 2 aromatic carbocycles. The Balaban J connectivity index is 1.41. The largest absolute Gasteiger partial charge is 0.493 e. The molecule has 2 aliphatic rings. The number of piperidine rings is 1. The number of pyridine rings is 1. The first-order chi connectivity index (χ1) is 18.0. The highest BCUT2D eigenvalue weighted by Crippen LogP contribution is 2.39. The summed E-state index contributed by atoms with van der Waals surface area (Å²) in [6.07, 6.45) is 4.83. The van der Waals surface area contributed by atoms with Crippen LogP contribution < -0.4 is 14.8 Å². The zero-order chi connectivity index (χ0) is 25.9. The van der Waals surface area contributed by atoms with Crippen LogP contribution in [0, 0.1) is 17.1 Å². The molecule has 192 valence electrons. The normalized spacial score (nSPS) is 16.1. The number of carbonyl (C=O) groups is 1. The van der Waals surface area contributed by atoms with Gasteiger partial charge in [0.2, 0.25) is 0 Å². The molecule has 2 amide bonds. The van der Waals surface area contributed by atoms with Crippen LogP contribution in [0.3, 0.4) is 0 Å². The second kappa shape index (κ2) is 10.7. The summed E-state index contributed by atoms with van der Waals surface area (Å²) in [5.41, 5.74) is 1.34. The molecule has 10 heteroatoms. The highest BCUT2D eigenvalue weighted by molar-refractivity contribution is 6.31. The van der Waals surface area contributed by atoms with Crippen molar-refractivity contribution in [2.24, 2.45) is 0 Å². The number of ether oxygens (including phenoxy) is 2. The number of fused-ring (bicyclic) bond motifs is 1. The highest BCUT2D eigenvalue weighted by Gasteiger charge is 2.29. The van der Waals surface area contributed by atoms with Crippen molar-refractivity contribution in [3.8, 4) is 17.6 Å². The molecule has 0 radical (unpaired) electrons. The number of hydrogen-bond acceptors (Lipinski definition) is 6. The quantitative estimate of drug-likeness (QED) is 0.460. The minimum Gasteiger partial charge on any atom is -0.493 e. The van der Waals surface area contributed by atoms with Crippen molar-refractivity contribution in [1.82, 2.24) is 14.8 Å². The van der Waals surface area contributed by atoms with E-state index in [9.17, 15) is 14.4 Å². The average molecular weight is 524 g/mol. The van der Waals surface area contributed by atoms with Crippen LogP contribution in [0.1, 0.15) is 31.2 Å². The maximum absolute atomic E-state index is 14.6. The van der Waals surface area contributed by atoms with Crippen LogP contribution in [-0.2, 0) is 0 Å². The predicted octanol–water partition coefficient (Wildman–Crippen LogP) is 5.71. The molecule has 37 heavy (non-hydrogen) atoms. The Labute approximate surface area is 219 Å². The number of nitrogens with one attached hydrogen (secondary N) is 1. The Morgan fingerprint density at radius 3 is 2.59 bits per heavy atom. The molecule has 3 aromatic rings. The zero-order valence-electron chi connectivity index (χ0n) is 20.5. The van der Waals surface area contributed by atoms with E-state index in [-0.39, 0.29) is 28.4 Å². The first-order valence-electron chi connectivity index (χ1n) is 12.3. The lowest BCUT2D eigenvalue weighted by atomic mass is 10.1. The fourth-order valence-electron chi connectivity index (χ4n) is 4.86. The number of amides is 2. The standard InChI is InChI=1S/C27H27ClFN5O3/c1-36-23-14-22-19(26(17(15-30)16-31-22)32-21-6-4-5-20(28)25(21)29)13-24(23)37-18-7-11-34(12-8-18)27(35)33-9-2-3-10-33/h4-6,13-14,16,18H,2-3,7-12H2,1H3,(H,31,32). The van der Waals surface area contributed by atoms with Gasteiger partial charge >= 0.3 is 6.03 Å². The minimum absolute atomic E-state index is 0.0258. The lowest BCUT2D eigenvalue weighted by Gasteiger charge is -2.34. The summed E-state index contributed by atoms with van der Waals surface area (Å²) in [6.45, 7) is 2.91. The van der Waals surface area contributed by atoms with Gasteiger partial charge in [0.15, 0.2) is 17.3 Å². The number of likely N-dealkylation sites (tertiary alicyclic amines) is 2. The summed E-state index contributed by atoms with van der Waals surface area (Å²) in [6, 6.07) is 10.3. The van der Waals surface area contributed by atoms with E-state index in [1.54, 1.807) is 31.4 Å². The topological polar surface area (TPSA) is 90.7 Å². The molecule has 2 saturated heterocycles. The number of carbonyl (C=O) groups excluding carboxylic acids is 1. The van der Waals surface area contributed by atoms with Gasteiger partial charge in [-0.1, -0.05) is 17.7 Å². The smallest absolute Gasteiger partial charge is 0.320 e. The zero-order valence-corrected chi connectivity index (χ0v) is 21.2. The van der Waals surface area contributed by atoms with Crippen molar-refractivity contribution >= 4 is 39.9 Å². The molecule has 5 rings (SSSR count). The first-order valence-corrected chi connectivity index (χ1v) is 12.7. The van der Waals surface area contributed by atoms with Gasteiger partial charge < -0.3 is 24.6 Å². The fourth-order valence-corrected chi connectivity index (χ4v) is 5.03. The SMILES string of the molecule is COc1cc2ncc(C#N)c(Nc3cccc(Cl)c3F)c2cc1OC1CCN(C(=O)N2CCCC2)CC1. The van der Waals surface area contributed by atoms with E-state index >= 15 is 0 Å². The van der Waals surface area contributed by atoms with Crippen LogP contribution in [-0.4, -0.2) is 60.2 Å². The van der Waals surface area contributed by atoms with Crippen LogP contribution >= 0.6 is 11.6 Å². The molecule has 0 atom stereocenters. The fraction of sp³-hybridized carbons (Fsp3) is 0.370. The number of nitrogens with zero attached hydrogens (tertiary/aromatic N) is 4. The number of halogens is 2. The van der Waals surface area contributed by atoms with Crippen LogP contribution in [0.15, 0.2) is 36.5 Å². The molecule has 3 heterocycles. The number of urea groups is 1. The van der Waals surface area contributed by atoms with Gasteiger partial charge in [0.25, 0.3) is 0 Å². The van der Waals surface area contributed by atoms with E-state index in [4.69, 9.17) is 21.1 Å². The van der Waals surface area contributed by atoms with Gasteiger partial charge in [-0.05, 0) is 31.0 Å². The van der Waals surface area contributed by atoms with Crippen LogP contribution in [0.4, 0.5) is 20.6 Å². The Morgan fingerprint density at radius 2 is 1.89 bits per heavy atom. The third kappa shape index (κ3) is 5.07. The molecule has 2 fully saturated rings. The van der Waals surface area contributed by atoms with E-state index in [2.05, 4.69) is 16.4 Å². The first kappa shape index (κ1) is 24.9. The number of nitriles is 1. The molecule has 8 nitrogen and oxygen atoms in total. The average Bonchev–Trinajstić information content (AvgIpc) is 3.46. The molecule has 1 N–H and O–H groups in total. The molecule has 0 spiro atoms. The van der Waals surface area contributed by atoms with Crippen LogP contribution in [0.5, 0.6) is 11.5 Å². The van der Waals surface area contributed by atoms with E-state index in [0.29, 0.717) is 54.0 Å². The predicted molar refractivity (Wildman–Crippen MR) is 139 cm³/mol. The van der Waals surface area contributed by atoms with Gasteiger partial charge in [-0.3, -0.25) is 4.98 Å². The maximum Gasteiger partial charge on any atom is 0.320 e. The van der Waals surface area contributed by atoms with Gasteiger partial charge in [0.05, 0.1) is 34.6 Å². The number of methoxy groups -OCH3 is 1. The minimum atomic E-state index is -0.613. The number of rotatable bonds is 5. The summed E-state index contributed by atoms with van der Waals surface area (Å²) >= 11 is 5.96. The van der Waals surface area contributed by atoms with Gasteiger partial charge in [0.1, 0.15) is 12.2 Å². The Kier molecular flexibility index (Phi) is 7.19. The summed E-state index contributed by atoms with van der Waals surface area (Å²) in [7, 11) is 1.55. The molecule has 1 aromatic heterocycles. The van der Waals surface area contributed by atoms with Crippen molar-refractivity contribution in [2.75, 3.05) is 38.6 Å². The van der Waals surface area contributed by atoms with Gasteiger partial charge in [0, 0.05) is 56.7 Å².